The highest BCUT2D eigenvalue weighted by atomic mass is 16.5. The molecule has 0 aromatic rings. The van der Waals surface area contributed by atoms with Crippen LogP contribution < -0.4 is 0 Å². The van der Waals surface area contributed by atoms with Crippen LogP contribution in [0.4, 0.5) is 0 Å². The predicted octanol–water partition coefficient (Wildman–Crippen LogP) is 2.93. The molecule has 0 bridgehead atoms. The summed E-state index contributed by atoms with van der Waals surface area (Å²) < 4.78 is 5.33. The average molecular weight is 220 g/mol. The molecule has 1 rings (SSSR count). The molecule has 2 atom stereocenters. The zero-order valence-electron chi connectivity index (χ0n) is 10.5. The maximum Gasteiger partial charge on any atom is 0.311 e. The van der Waals surface area contributed by atoms with E-state index in [0.29, 0.717) is 0 Å². The fourth-order valence-corrected chi connectivity index (χ4v) is 1.76. The van der Waals surface area contributed by atoms with E-state index in [2.05, 4.69) is 19.8 Å². The summed E-state index contributed by atoms with van der Waals surface area (Å²) in [5, 5.41) is 0. The average Bonchev–Trinajstić information content (AvgIpc) is 2.84. The number of hydrogen-bond donors (Lipinski definition) is 0. The fraction of sp³-hybridized carbons (Fsp3) is 0.643. The van der Waals surface area contributed by atoms with Crippen molar-refractivity contribution in [3.8, 4) is 12.3 Å². The van der Waals surface area contributed by atoms with Crippen LogP contribution in [-0.4, -0.2) is 12.1 Å². The van der Waals surface area contributed by atoms with E-state index in [9.17, 15) is 4.79 Å². The molecule has 2 heteroatoms. The van der Waals surface area contributed by atoms with Gasteiger partial charge in [0.15, 0.2) is 6.10 Å². The number of ether oxygens (including phenoxy) is 1. The third kappa shape index (κ3) is 2.88. The van der Waals surface area contributed by atoms with Gasteiger partial charge < -0.3 is 4.74 Å². The van der Waals surface area contributed by atoms with Crippen LogP contribution in [0.2, 0.25) is 0 Å². The van der Waals surface area contributed by atoms with Gasteiger partial charge in [0.25, 0.3) is 0 Å². The third-order valence-corrected chi connectivity index (χ3v) is 3.12. The van der Waals surface area contributed by atoms with Crippen molar-refractivity contribution in [2.75, 3.05) is 0 Å². The summed E-state index contributed by atoms with van der Waals surface area (Å²) in [6.45, 7) is 8.07. The van der Waals surface area contributed by atoms with Gasteiger partial charge in [0.05, 0.1) is 5.92 Å². The van der Waals surface area contributed by atoms with Crippen molar-refractivity contribution in [3.63, 3.8) is 0 Å². The molecule has 0 N–H and O–H groups in total. The van der Waals surface area contributed by atoms with Crippen molar-refractivity contribution in [1.82, 2.24) is 0 Å². The largest absolute Gasteiger partial charge is 0.444 e. The molecule has 0 aliphatic heterocycles. The lowest BCUT2D eigenvalue weighted by molar-refractivity contribution is -0.147. The van der Waals surface area contributed by atoms with Crippen molar-refractivity contribution in [1.29, 1.82) is 0 Å². The Morgan fingerprint density at radius 1 is 1.69 bits per heavy atom. The van der Waals surface area contributed by atoms with Crippen molar-refractivity contribution in [3.05, 3.63) is 11.6 Å². The van der Waals surface area contributed by atoms with Crippen molar-refractivity contribution in [2.24, 2.45) is 11.3 Å². The Hall–Kier alpha value is -1.23. The van der Waals surface area contributed by atoms with Crippen LogP contribution in [0.15, 0.2) is 11.6 Å². The number of rotatable bonds is 4. The zero-order chi connectivity index (χ0) is 12.3. The smallest absolute Gasteiger partial charge is 0.311 e. The Kier molecular flexibility index (Phi) is 3.80. The minimum absolute atomic E-state index is 0.0257. The summed E-state index contributed by atoms with van der Waals surface area (Å²) in [5.41, 5.74) is 1.04. The van der Waals surface area contributed by atoms with E-state index in [1.807, 2.05) is 19.9 Å². The first kappa shape index (κ1) is 12.8. The Balaban J connectivity index is 2.56. The summed E-state index contributed by atoms with van der Waals surface area (Å²) in [5.74, 6) is 2.39. The molecule has 16 heavy (non-hydrogen) atoms. The standard InChI is InChI=1S/C14H20O2/c1-6-8-10(3)12(7-2)16-13(15)11-9-14(11,4)5/h2,8,11-12H,6,9H2,1,3-5H3. The van der Waals surface area contributed by atoms with Crippen LogP contribution in [0.25, 0.3) is 0 Å². The molecule has 88 valence electrons. The summed E-state index contributed by atoms with van der Waals surface area (Å²) in [7, 11) is 0. The van der Waals surface area contributed by atoms with Gasteiger partial charge in [-0.3, -0.25) is 4.79 Å². The SMILES string of the molecule is C#CC(OC(=O)C1CC1(C)C)C(C)=CCC. The van der Waals surface area contributed by atoms with Crippen LogP contribution >= 0.6 is 0 Å². The first-order chi connectivity index (χ1) is 7.42. The number of esters is 1. The van der Waals surface area contributed by atoms with E-state index in [1.54, 1.807) is 0 Å². The molecule has 1 saturated carbocycles. The van der Waals surface area contributed by atoms with Crippen LogP contribution in [0.1, 0.15) is 40.5 Å². The number of hydrogen-bond acceptors (Lipinski definition) is 2. The van der Waals surface area contributed by atoms with Gasteiger partial charge in [0.1, 0.15) is 0 Å². The van der Waals surface area contributed by atoms with Crippen molar-refractivity contribution < 1.29 is 9.53 Å². The molecule has 2 unspecified atom stereocenters. The van der Waals surface area contributed by atoms with Gasteiger partial charge in [-0.2, -0.15) is 0 Å². The van der Waals surface area contributed by atoms with E-state index in [1.165, 1.54) is 0 Å². The molecule has 0 spiro atoms. The van der Waals surface area contributed by atoms with E-state index in [-0.39, 0.29) is 17.3 Å². The summed E-state index contributed by atoms with van der Waals surface area (Å²) in [6, 6.07) is 0. The second-order valence-corrected chi connectivity index (χ2v) is 5.09. The molecule has 0 saturated heterocycles. The molecule has 0 amide bonds. The van der Waals surface area contributed by atoms with Gasteiger partial charge in [-0.05, 0) is 30.8 Å². The summed E-state index contributed by atoms with van der Waals surface area (Å²) >= 11 is 0. The van der Waals surface area contributed by atoms with Gasteiger partial charge in [-0.1, -0.05) is 32.8 Å². The lowest BCUT2D eigenvalue weighted by atomic mass is 10.1. The number of carbonyl (C=O) groups excluding carboxylic acids is 1. The predicted molar refractivity (Wildman–Crippen MR) is 64.6 cm³/mol. The van der Waals surface area contributed by atoms with Gasteiger partial charge in [-0.15, -0.1) is 6.42 Å². The van der Waals surface area contributed by atoms with E-state index in [4.69, 9.17) is 11.2 Å². The second-order valence-electron chi connectivity index (χ2n) is 5.09. The van der Waals surface area contributed by atoms with Crippen LogP contribution in [0, 0.1) is 23.7 Å². The Bertz CT molecular complexity index is 344. The topological polar surface area (TPSA) is 26.3 Å². The minimum Gasteiger partial charge on any atom is -0.444 e. The zero-order valence-corrected chi connectivity index (χ0v) is 10.5. The van der Waals surface area contributed by atoms with E-state index < -0.39 is 6.10 Å². The minimum atomic E-state index is -0.496. The number of terminal acetylenes is 1. The molecule has 0 radical (unpaired) electrons. The molecule has 0 heterocycles. The van der Waals surface area contributed by atoms with Gasteiger partial charge in [-0.25, -0.2) is 0 Å². The normalized spacial score (nSPS) is 24.4. The van der Waals surface area contributed by atoms with Gasteiger partial charge in [0.2, 0.25) is 0 Å². The Morgan fingerprint density at radius 3 is 2.62 bits per heavy atom. The van der Waals surface area contributed by atoms with Crippen molar-refractivity contribution >= 4 is 5.97 Å². The summed E-state index contributed by atoms with van der Waals surface area (Å²) in [6.07, 6.45) is 8.67. The number of allylic oxidation sites excluding steroid dienone is 1. The molecule has 0 aromatic carbocycles. The molecule has 2 nitrogen and oxygen atoms in total. The quantitative estimate of drug-likeness (QED) is 0.413. The second kappa shape index (κ2) is 4.74. The van der Waals surface area contributed by atoms with Gasteiger partial charge in [0, 0.05) is 0 Å². The molecule has 1 aliphatic rings. The molecule has 1 aliphatic carbocycles. The molecule has 0 aromatic heterocycles. The third-order valence-electron chi connectivity index (χ3n) is 3.12. The summed E-state index contributed by atoms with van der Waals surface area (Å²) in [4.78, 5) is 11.8. The van der Waals surface area contributed by atoms with E-state index >= 15 is 0 Å². The van der Waals surface area contributed by atoms with Crippen LogP contribution in [0.3, 0.4) is 0 Å². The molecular weight excluding hydrogens is 200 g/mol. The highest BCUT2D eigenvalue weighted by Crippen LogP contribution is 2.52. The maximum absolute atomic E-state index is 11.8. The van der Waals surface area contributed by atoms with Crippen LogP contribution in [-0.2, 0) is 9.53 Å². The van der Waals surface area contributed by atoms with Crippen LogP contribution in [0.5, 0.6) is 0 Å². The molecular formula is C14H20O2. The van der Waals surface area contributed by atoms with Crippen molar-refractivity contribution in [2.45, 2.75) is 46.6 Å². The highest BCUT2D eigenvalue weighted by molar-refractivity contribution is 5.77. The monoisotopic (exact) mass is 220 g/mol. The van der Waals surface area contributed by atoms with E-state index in [0.717, 1.165) is 18.4 Å². The Labute approximate surface area is 98.1 Å². The first-order valence-electron chi connectivity index (χ1n) is 5.75. The fourth-order valence-electron chi connectivity index (χ4n) is 1.76. The van der Waals surface area contributed by atoms with Gasteiger partial charge >= 0.3 is 5.97 Å². The first-order valence-corrected chi connectivity index (χ1v) is 5.75. The highest BCUT2D eigenvalue weighted by Gasteiger charge is 2.52. The lowest BCUT2D eigenvalue weighted by Crippen LogP contribution is -2.20. The maximum atomic E-state index is 11.8. The molecule has 1 fully saturated rings. The number of carbonyl (C=O) groups is 1. The Morgan fingerprint density at radius 2 is 2.25 bits per heavy atom. The lowest BCUT2D eigenvalue weighted by Gasteiger charge is -2.13.